The summed E-state index contributed by atoms with van der Waals surface area (Å²) in [5, 5.41) is 5.59. The van der Waals surface area contributed by atoms with Gasteiger partial charge in [-0.1, -0.05) is 13.8 Å². The zero-order valence-corrected chi connectivity index (χ0v) is 12.6. The first-order chi connectivity index (χ1) is 9.77. The van der Waals surface area contributed by atoms with Crippen LogP contribution in [0.1, 0.15) is 26.6 Å². The van der Waals surface area contributed by atoms with Gasteiger partial charge in [-0.25, -0.2) is 9.97 Å². The van der Waals surface area contributed by atoms with E-state index in [0.717, 1.165) is 0 Å². The standard InChI is InChI=1S/C13H21F3N4O/c1-5-21-7-9(8(2)3)18-11-6-10(17-4)19-12(20-11)13(14,15)16/h6,8-9H,5,7H2,1-4H3,(H2,17,18,19,20). The summed E-state index contributed by atoms with van der Waals surface area (Å²) in [6, 6.07) is 1.31. The van der Waals surface area contributed by atoms with Gasteiger partial charge >= 0.3 is 6.18 Å². The van der Waals surface area contributed by atoms with Gasteiger partial charge in [-0.05, 0) is 12.8 Å². The molecule has 0 aliphatic rings. The van der Waals surface area contributed by atoms with E-state index in [0.29, 0.717) is 13.2 Å². The maximum absolute atomic E-state index is 12.8. The van der Waals surface area contributed by atoms with Crippen LogP contribution in [0.25, 0.3) is 0 Å². The molecule has 0 radical (unpaired) electrons. The lowest BCUT2D eigenvalue weighted by atomic mass is 10.1. The Hall–Kier alpha value is -1.57. The largest absolute Gasteiger partial charge is 0.451 e. The van der Waals surface area contributed by atoms with E-state index >= 15 is 0 Å². The summed E-state index contributed by atoms with van der Waals surface area (Å²) in [5.41, 5.74) is 0. The van der Waals surface area contributed by atoms with Crippen molar-refractivity contribution in [3.63, 3.8) is 0 Å². The third-order valence-electron chi connectivity index (χ3n) is 2.88. The molecule has 1 rings (SSSR count). The molecule has 5 nitrogen and oxygen atoms in total. The predicted octanol–water partition coefficient (Wildman–Crippen LogP) is 3.01. The lowest BCUT2D eigenvalue weighted by Crippen LogP contribution is -2.31. The second-order valence-corrected chi connectivity index (χ2v) is 4.86. The third-order valence-corrected chi connectivity index (χ3v) is 2.88. The second kappa shape index (κ2) is 7.44. The van der Waals surface area contributed by atoms with E-state index in [2.05, 4.69) is 20.6 Å². The highest BCUT2D eigenvalue weighted by Gasteiger charge is 2.35. The van der Waals surface area contributed by atoms with Gasteiger partial charge < -0.3 is 15.4 Å². The number of rotatable bonds is 7. The summed E-state index contributed by atoms with van der Waals surface area (Å²) in [6.45, 7) is 6.73. The molecule has 1 atom stereocenters. The van der Waals surface area contributed by atoms with Crippen molar-refractivity contribution < 1.29 is 17.9 Å². The van der Waals surface area contributed by atoms with Crippen molar-refractivity contribution in [3.05, 3.63) is 11.9 Å². The minimum atomic E-state index is -4.59. The second-order valence-electron chi connectivity index (χ2n) is 4.86. The zero-order chi connectivity index (χ0) is 16.0. The van der Waals surface area contributed by atoms with E-state index in [1.165, 1.54) is 13.1 Å². The fourth-order valence-corrected chi connectivity index (χ4v) is 1.61. The molecule has 0 saturated heterocycles. The van der Waals surface area contributed by atoms with Crippen LogP contribution in [0.4, 0.5) is 24.8 Å². The summed E-state index contributed by atoms with van der Waals surface area (Å²) in [7, 11) is 1.51. The van der Waals surface area contributed by atoms with Gasteiger partial charge in [0.15, 0.2) is 0 Å². The van der Waals surface area contributed by atoms with Gasteiger partial charge in [-0.2, -0.15) is 13.2 Å². The number of nitrogens with zero attached hydrogens (tertiary/aromatic N) is 2. The zero-order valence-electron chi connectivity index (χ0n) is 12.6. The van der Waals surface area contributed by atoms with Gasteiger partial charge in [0.05, 0.1) is 12.6 Å². The molecule has 0 aliphatic carbocycles. The first kappa shape index (κ1) is 17.5. The highest BCUT2D eigenvalue weighted by molar-refractivity contribution is 5.48. The van der Waals surface area contributed by atoms with Crippen LogP contribution >= 0.6 is 0 Å². The predicted molar refractivity (Wildman–Crippen MR) is 75.3 cm³/mol. The molecule has 1 unspecified atom stereocenters. The molecule has 0 fully saturated rings. The van der Waals surface area contributed by atoms with E-state index in [1.54, 1.807) is 0 Å². The van der Waals surface area contributed by atoms with Crippen LogP contribution < -0.4 is 10.6 Å². The summed E-state index contributed by atoms with van der Waals surface area (Å²) < 4.78 is 43.7. The summed E-state index contributed by atoms with van der Waals surface area (Å²) >= 11 is 0. The van der Waals surface area contributed by atoms with E-state index in [4.69, 9.17) is 4.74 Å². The van der Waals surface area contributed by atoms with Crippen molar-refractivity contribution in [1.29, 1.82) is 0 Å². The first-order valence-electron chi connectivity index (χ1n) is 6.76. The normalized spacial score (nSPS) is 13.3. The molecule has 0 aromatic carbocycles. The van der Waals surface area contributed by atoms with Crippen molar-refractivity contribution >= 4 is 11.6 Å². The van der Waals surface area contributed by atoms with Crippen LogP contribution in [0.5, 0.6) is 0 Å². The molecule has 21 heavy (non-hydrogen) atoms. The minimum Gasteiger partial charge on any atom is -0.380 e. The molecule has 0 spiro atoms. The van der Waals surface area contributed by atoms with Gasteiger partial charge in [-0.15, -0.1) is 0 Å². The highest BCUT2D eigenvalue weighted by Crippen LogP contribution is 2.28. The molecule has 1 heterocycles. The SMILES string of the molecule is CCOCC(Nc1cc(NC)nc(C(F)(F)F)n1)C(C)C. The van der Waals surface area contributed by atoms with Gasteiger partial charge in [-0.3, -0.25) is 0 Å². The Labute approximate surface area is 122 Å². The van der Waals surface area contributed by atoms with Crippen molar-refractivity contribution in [2.45, 2.75) is 33.0 Å². The molecule has 1 aromatic rings. The molecule has 0 amide bonds. The summed E-state index contributed by atoms with van der Waals surface area (Å²) in [4.78, 5) is 6.96. The average Bonchev–Trinajstić information content (AvgIpc) is 2.41. The van der Waals surface area contributed by atoms with Crippen LogP contribution in [0.3, 0.4) is 0 Å². The van der Waals surface area contributed by atoms with Crippen molar-refractivity contribution in [2.75, 3.05) is 30.9 Å². The average molecular weight is 306 g/mol. The Balaban J connectivity index is 2.99. The quantitative estimate of drug-likeness (QED) is 0.811. The number of anilines is 2. The molecule has 0 saturated carbocycles. The van der Waals surface area contributed by atoms with E-state index in [9.17, 15) is 13.2 Å². The molecule has 120 valence electrons. The lowest BCUT2D eigenvalue weighted by Gasteiger charge is -2.23. The Kier molecular flexibility index (Phi) is 6.19. The molecule has 8 heteroatoms. The number of nitrogens with one attached hydrogen (secondary N) is 2. The molecular formula is C13H21F3N4O. The number of aromatic nitrogens is 2. The number of ether oxygens (including phenoxy) is 1. The number of hydrogen-bond donors (Lipinski definition) is 2. The third kappa shape index (κ3) is 5.37. The maximum atomic E-state index is 12.8. The Bertz CT molecular complexity index is 452. The minimum absolute atomic E-state index is 0.110. The monoisotopic (exact) mass is 306 g/mol. The fourth-order valence-electron chi connectivity index (χ4n) is 1.61. The van der Waals surface area contributed by atoms with Crippen LogP contribution in [0, 0.1) is 5.92 Å². The van der Waals surface area contributed by atoms with Gasteiger partial charge in [0.1, 0.15) is 11.6 Å². The Morgan fingerprint density at radius 2 is 1.86 bits per heavy atom. The van der Waals surface area contributed by atoms with Gasteiger partial charge in [0.25, 0.3) is 0 Å². The Morgan fingerprint density at radius 1 is 1.24 bits per heavy atom. The molecule has 0 aliphatic heterocycles. The summed E-state index contributed by atoms with van der Waals surface area (Å²) in [5.74, 6) is -0.756. The number of hydrogen-bond acceptors (Lipinski definition) is 5. The van der Waals surface area contributed by atoms with Crippen molar-refractivity contribution in [1.82, 2.24) is 9.97 Å². The topological polar surface area (TPSA) is 59.1 Å². The van der Waals surface area contributed by atoms with Crippen LogP contribution in [-0.2, 0) is 10.9 Å². The maximum Gasteiger partial charge on any atom is 0.451 e. The van der Waals surface area contributed by atoms with E-state index in [-0.39, 0.29) is 23.6 Å². The highest BCUT2D eigenvalue weighted by atomic mass is 19.4. The lowest BCUT2D eigenvalue weighted by molar-refractivity contribution is -0.144. The smallest absolute Gasteiger partial charge is 0.380 e. The first-order valence-corrected chi connectivity index (χ1v) is 6.76. The fraction of sp³-hybridized carbons (Fsp3) is 0.692. The van der Waals surface area contributed by atoms with Gasteiger partial charge in [0, 0.05) is 19.7 Å². The van der Waals surface area contributed by atoms with Gasteiger partial charge in [0.2, 0.25) is 5.82 Å². The van der Waals surface area contributed by atoms with Crippen molar-refractivity contribution in [2.24, 2.45) is 5.92 Å². The molecule has 2 N–H and O–H groups in total. The van der Waals surface area contributed by atoms with Crippen LogP contribution in [0.2, 0.25) is 0 Å². The number of halogens is 3. The van der Waals surface area contributed by atoms with E-state index < -0.39 is 12.0 Å². The van der Waals surface area contributed by atoms with Crippen molar-refractivity contribution in [3.8, 4) is 0 Å². The summed E-state index contributed by atoms with van der Waals surface area (Å²) in [6.07, 6.45) is -4.59. The number of alkyl halides is 3. The molecule has 1 aromatic heterocycles. The molecule has 0 bridgehead atoms. The Morgan fingerprint density at radius 3 is 2.33 bits per heavy atom. The molecular weight excluding hydrogens is 285 g/mol. The van der Waals surface area contributed by atoms with Crippen LogP contribution in [0.15, 0.2) is 6.07 Å². The van der Waals surface area contributed by atoms with Crippen LogP contribution in [-0.4, -0.2) is 36.3 Å². The van der Waals surface area contributed by atoms with E-state index in [1.807, 2.05) is 20.8 Å².